The van der Waals surface area contributed by atoms with E-state index in [1.54, 1.807) is 0 Å². The van der Waals surface area contributed by atoms with Crippen molar-refractivity contribution in [2.24, 2.45) is 5.73 Å². The minimum Gasteiger partial charge on any atom is -0.325 e. The topological polar surface area (TPSA) is 43.3 Å². The molecule has 0 fully saturated rings. The van der Waals surface area contributed by atoms with Gasteiger partial charge in [0.15, 0.2) is 0 Å². The summed E-state index contributed by atoms with van der Waals surface area (Å²) in [5.41, 5.74) is 7.17. The van der Waals surface area contributed by atoms with Crippen LogP contribution in [0, 0.1) is 0 Å². The predicted molar refractivity (Wildman–Crippen MR) is 80.8 cm³/mol. The second kappa shape index (κ2) is 5.98. The fourth-order valence-corrected chi connectivity index (χ4v) is 2.26. The van der Waals surface area contributed by atoms with E-state index in [-0.39, 0.29) is 19.0 Å². The Labute approximate surface area is 131 Å². The Hall–Kier alpha value is -2.05. The molecular formula is C15H13ClF3N3. The van der Waals surface area contributed by atoms with Gasteiger partial charge in [0.2, 0.25) is 0 Å². The smallest absolute Gasteiger partial charge is 0.325 e. The second-order valence-corrected chi connectivity index (χ2v) is 4.62. The number of fused-ring (bicyclic) bond motifs is 1. The van der Waals surface area contributed by atoms with Crippen molar-refractivity contribution in [3.63, 3.8) is 0 Å². The molecule has 0 aliphatic rings. The van der Waals surface area contributed by atoms with Gasteiger partial charge in [-0.1, -0.05) is 18.2 Å². The Morgan fingerprint density at radius 1 is 1.05 bits per heavy atom. The Morgan fingerprint density at radius 2 is 1.73 bits per heavy atom. The number of pyridine rings is 1. The van der Waals surface area contributed by atoms with Crippen molar-refractivity contribution in [3.8, 4) is 11.4 Å². The second-order valence-electron chi connectivity index (χ2n) is 4.62. The predicted octanol–water partition coefficient (Wildman–Crippen LogP) is 3.90. The standard InChI is InChI=1S/C15H12F3N3.ClH/c16-15(17,18)11-6-4-10(5-7-11)14-20-12(9-19)13-3-1-2-8-21(13)14;/h1-8H,9,19H2;1H. The Bertz CT molecular complexity index is 779. The number of alkyl halides is 3. The number of nitrogens with two attached hydrogens (primary N) is 1. The van der Waals surface area contributed by atoms with Gasteiger partial charge in [0, 0.05) is 18.3 Å². The summed E-state index contributed by atoms with van der Waals surface area (Å²) in [6, 6.07) is 10.5. The summed E-state index contributed by atoms with van der Waals surface area (Å²) in [4.78, 5) is 4.43. The van der Waals surface area contributed by atoms with Crippen molar-refractivity contribution < 1.29 is 13.2 Å². The zero-order chi connectivity index (χ0) is 15.0. The third kappa shape index (κ3) is 2.80. The average molecular weight is 328 g/mol. The van der Waals surface area contributed by atoms with E-state index < -0.39 is 11.7 Å². The summed E-state index contributed by atoms with van der Waals surface area (Å²) in [5.74, 6) is 0.583. The van der Waals surface area contributed by atoms with Gasteiger partial charge in [0.05, 0.1) is 16.8 Å². The Morgan fingerprint density at radius 3 is 2.32 bits per heavy atom. The first-order valence-corrected chi connectivity index (χ1v) is 6.34. The largest absolute Gasteiger partial charge is 0.416 e. The lowest BCUT2D eigenvalue weighted by atomic mass is 10.1. The van der Waals surface area contributed by atoms with Crippen LogP contribution in [0.2, 0.25) is 0 Å². The highest BCUT2D eigenvalue weighted by Crippen LogP contribution is 2.31. The van der Waals surface area contributed by atoms with Gasteiger partial charge in [-0.15, -0.1) is 12.4 Å². The molecule has 116 valence electrons. The number of halogens is 4. The summed E-state index contributed by atoms with van der Waals surface area (Å²) < 4.78 is 39.6. The molecule has 1 aromatic carbocycles. The highest BCUT2D eigenvalue weighted by atomic mass is 35.5. The van der Waals surface area contributed by atoms with Crippen molar-refractivity contribution in [2.75, 3.05) is 0 Å². The van der Waals surface area contributed by atoms with Gasteiger partial charge < -0.3 is 5.73 Å². The summed E-state index contributed by atoms with van der Waals surface area (Å²) >= 11 is 0. The molecular weight excluding hydrogens is 315 g/mol. The van der Waals surface area contributed by atoms with Crippen LogP contribution in [0.15, 0.2) is 48.7 Å². The number of benzene rings is 1. The molecule has 7 heteroatoms. The van der Waals surface area contributed by atoms with Gasteiger partial charge in [-0.3, -0.25) is 4.40 Å². The van der Waals surface area contributed by atoms with Crippen molar-refractivity contribution in [3.05, 3.63) is 59.9 Å². The third-order valence-electron chi connectivity index (χ3n) is 3.29. The maximum Gasteiger partial charge on any atom is 0.416 e. The van der Waals surface area contributed by atoms with Crippen molar-refractivity contribution >= 4 is 17.9 Å². The maximum absolute atomic E-state index is 12.6. The molecule has 3 rings (SSSR count). The average Bonchev–Trinajstić information content (AvgIpc) is 2.85. The zero-order valence-electron chi connectivity index (χ0n) is 11.3. The van der Waals surface area contributed by atoms with Crippen LogP contribution in [-0.2, 0) is 12.7 Å². The molecule has 0 saturated carbocycles. The zero-order valence-corrected chi connectivity index (χ0v) is 12.2. The van der Waals surface area contributed by atoms with Crippen LogP contribution in [0.5, 0.6) is 0 Å². The fourth-order valence-electron chi connectivity index (χ4n) is 2.26. The van der Waals surface area contributed by atoms with Gasteiger partial charge in [-0.25, -0.2) is 4.98 Å². The van der Waals surface area contributed by atoms with Gasteiger partial charge >= 0.3 is 6.18 Å². The van der Waals surface area contributed by atoms with E-state index in [1.807, 2.05) is 28.8 Å². The number of aromatic nitrogens is 2. The molecule has 0 aliphatic heterocycles. The third-order valence-corrected chi connectivity index (χ3v) is 3.29. The van der Waals surface area contributed by atoms with Crippen LogP contribution < -0.4 is 5.73 Å². The van der Waals surface area contributed by atoms with Crippen LogP contribution in [-0.4, -0.2) is 9.38 Å². The lowest BCUT2D eigenvalue weighted by molar-refractivity contribution is -0.137. The van der Waals surface area contributed by atoms with E-state index in [9.17, 15) is 13.2 Å². The molecule has 0 amide bonds. The van der Waals surface area contributed by atoms with Crippen LogP contribution in [0.1, 0.15) is 11.3 Å². The fraction of sp³-hybridized carbons (Fsp3) is 0.133. The lowest BCUT2D eigenvalue weighted by Crippen LogP contribution is -2.04. The SMILES string of the molecule is Cl.NCc1nc(-c2ccc(C(F)(F)F)cc2)n2ccccc12. The van der Waals surface area contributed by atoms with E-state index >= 15 is 0 Å². The summed E-state index contributed by atoms with van der Waals surface area (Å²) in [6.07, 6.45) is -2.52. The molecule has 22 heavy (non-hydrogen) atoms. The van der Waals surface area contributed by atoms with Gasteiger partial charge in [-0.2, -0.15) is 13.2 Å². The molecule has 3 aromatic rings. The highest BCUT2D eigenvalue weighted by Gasteiger charge is 2.30. The number of nitrogens with zero attached hydrogens (tertiary/aromatic N) is 2. The molecule has 0 unspecified atom stereocenters. The molecule has 2 aromatic heterocycles. The van der Waals surface area contributed by atoms with E-state index in [1.165, 1.54) is 12.1 Å². The first-order chi connectivity index (χ1) is 10.0. The van der Waals surface area contributed by atoms with Crippen molar-refractivity contribution in [2.45, 2.75) is 12.7 Å². The molecule has 0 radical (unpaired) electrons. The lowest BCUT2D eigenvalue weighted by Gasteiger charge is -2.07. The van der Waals surface area contributed by atoms with Gasteiger partial charge in [0.25, 0.3) is 0 Å². The molecule has 0 saturated heterocycles. The molecule has 0 bridgehead atoms. The minimum absolute atomic E-state index is 0. The number of hydrogen-bond donors (Lipinski definition) is 1. The highest BCUT2D eigenvalue weighted by molar-refractivity contribution is 5.85. The van der Waals surface area contributed by atoms with Crippen LogP contribution in [0.3, 0.4) is 0 Å². The molecule has 3 nitrogen and oxygen atoms in total. The summed E-state index contributed by atoms with van der Waals surface area (Å²) in [6.45, 7) is 0.272. The normalized spacial score (nSPS) is 11.5. The molecule has 2 heterocycles. The van der Waals surface area contributed by atoms with E-state index in [2.05, 4.69) is 4.98 Å². The molecule has 2 N–H and O–H groups in total. The molecule has 0 aliphatic carbocycles. The van der Waals surface area contributed by atoms with Crippen LogP contribution >= 0.6 is 12.4 Å². The first kappa shape index (κ1) is 16.3. The maximum atomic E-state index is 12.6. The minimum atomic E-state index is -4.34. The summed E-state index contributed by atoms with van der Waals surface area (Å²) in [5, 5.41) is 0. The van der Waals surface area contributed by atoms with E-state index in [4.69, 9.17) is 5.73 Å². The quantitative estimate of drug-likeness (QED) is 0.775. The summed E-state index contributed by atoms with van der Waals surface area (Å²) in [7, 11) is 0. The van der Waals surface area contributed by atoms with Gasteiger partial charge in [0.1, 0.15) is 5.82 Å². The van der Waals surface area contributed by atoms with Crippen molar-refractivity contribution in [1.82, 2.24) is 9.38 Å². The number of hydrogen-bond acceptors (Lipinski definition) is 2. The van der Waals surface area contributed by atoms with E-state index in [0.29, 0.717) is 17.1 Å². The number of imidazole rings is 1. The van der Waals surface area contributed by atoms with Crippen molar-refractivity contribution in [1.29, 1.82) is 0 Å². The Kier molecular flexibility index (Phi) is 4.44. The monoisotopic (exact) mass is 327 g/mol. The van der Waals surface area contributed by atoms with Gasteiger partial charge in [-0.05, 0) is 24.3 Å². The first-order valence-electron chi connectivity index (χ1n) is 6.34. The Balaban J connectivity index is 0.00000176. The molecule has 0 spiro atoms. The molecule has 0 atom stereocenters. The van der Waals surface area contributed by atoms with Crippen LogP contribution in [0.25, 0.3) is 16.9 Å². The van der Waals surface area contributed by atoms with Crippen LogP contribution in [0.4, 0.5) is 13.2 Å². The van der Waals surface area contributed by atoms with E-state index in [0.717, 1.165) is 17.6 Å². The number of rotatable bonds is 2.